The topological polar surface area (TPSA) is 12.5 Å². The summed E-state index contributed by atoms with van der Waals surface area (Å²) in [6, 6.07) is 0. The zero-order valence-electron chi connectivity index (χ0n) is 10.9. The van der Waals surface area contributed by atoms with Crippen molar-refractivity contribution in [2.75, 3.05) is 27.2 Å². The molecule has 1 aliphatic heterocycles. The molecule has 0 aromatic rings. The molecule has 4 heteroatoms. The molecule has 18 heavy (non-hydrogen) atoms. The van der Waals surface area contributed by atoms with Gasteiger partial charge in [0.1, 0.15) is 5.76 Å². The van der Waals surface area contributed by atoms with Crippen LogP contribution in [0.5, 0.6) is 0 Å². The number of ether oxygens (including phenoxy) is 1. The Balaban J connectivity index is 0.00000120. The maximum absolute atomic E-state index is 5.44. The number of fused-ring (bicyclic) bond motifs is 3. The van der Waals surface area contributed by atoms with Crippen LogP contribution in [0.3, 0.4) is 0 Å². The van der Waals surface area contributed by atoms with Gasteiger partial charge in [-0.1, -0.05) is 27.6 Å². The SMILES string of the molecule is COC1=CC=C2C3CN(C)CC3CCC2C1Br.Cl. The van der Waals surface area contributed by atoms with E-state index in [0.29, 0.717) is 10.7 Å². The first-order chi connectivity index (χ1) is 8.20. The van der Waals surface area contributed by atoms with E-state index in [1.807, 2.05) is 0 Å². The standard InChI is InChI=1S/C14H20BrNO.ClH/c1-16-7-9-3-4-11-10(12(9)8-16)5-6-13(17-2)14(11)15;/h5-6,9,11-12,14H,3-4,7-8H2,1-2H3;1H. The summed E-state index contributed by atoms with van der Waals surface area (Å²) >= 11 is 3.82. The van der Waals surface area contributed by atoms with Crippen LogP contribution in [0.1, 0.15) is 12.8 Å². The van der Waals surface area contributed by atoms with Gasteiger partial charge in [0.25, 0.3) is 0 Å². The van der Waals surface area contributed by atoms with Crippen molar-refractivity contribution in [3.63, 3.8) is 0 Å². The number of alkyl halides is 1. The number of hydrogen-bond acceptors (Lipinski definition) is 2. The van der Waals surface area contributed by atoms with Gasteiger partial charge in [-0.2, -0.15) is 0 Å². The van der Waals surface area contributed by atoms with E-state index in [1.54, 1.807) is 12.7 Å². The van der Waals surface area contributed by atoms with E-state index in [0.717, 1.165) is 17.6 Å². The first-order valence-corrected chi connectivity index (χ1v) is 7.40. The lowest BCUT2D eigenvalue weighted by molar-refractivity contribution is 0.241. The maximum atomic E-state index is 5.44. The molecular formula is C14H21BrClNO. The minimum Gasteiger partial charge on any atom is -0.500 e. The summed E-state index contributed by atoms with van der Waals surface area (Å²) in [5.74, 6) is 3.42. The van der Waals surface area contributed by atoms with E-state index < -0.39 is 0 Å². The van der Waals surface area contributed by atoms with Crippen LogP contribution < -0.4 is 0 Å². The van der Waals surface area contributed by atoms with E-state index in [1.165, 1.54) is 25.9 Å². The molecule has 1 heterocycles. The molecule has 2 aliphatic carbocycles. The summed E-state index contributed by atoms with van der Waals surface area (Å²) in [5, 5.41) is 0. The van der Waals surface area contributed by atoms with Gasteiger partial charge in [-0.25, -0.2) is 0 Å². The monoisotopic (exact) mass is 333 g/mol. The van der Waals surface area contributed by atoms with Gasteiger partial charge in [0.2, 0.25) is 0 Å². The van der Waals surface area contributed by atoms with Gasteiger partial charge in [-0.3, -0.25) is 0 Å². The minimum atomic E-state index is 0. The molecule has 0 bridgehead atoms. The third-order valence-electron chi connectivity index (χ3n) is 4.63. The van der Waals surface area contributed by atoms with Crippen LogP contribution in [-0.4, -0.2) is 37.0 Å². The lowest BCUT2D eigenvalue weighted by Crippen LogP contribution is -2.34. The molecular weight excluding hydrogens is 314 g/mol. The van der Waals surface area contributed by atoms with Gasteiger partial charge >= 0.3 is 0 Å². The minimum absolute atomic E-state index is 0. The molecule has 3 rings (SSSR count). The second-order valence-corrected chi connectivity index (χ2v) is 6.60. The predicted octanol–water partition coefficient (Wildman–Crippen LogP) is 3.23. The molecule has 4 atom stereocenters. The molecule has 0 amide bonds. The van der Waals surface area contributed by atoms with E-state index in [-0.39, 0.29) is 12.4 Å². The number of methoxy groups -OCH3 is 1. The Morgan fingerprint density at radius 2 is 2.00 bits per heavy atom. The van der Waals surface area contributed by atoms with Gasteiger partial charge in [0, 0.05) is 19.0 Å². The summed E-state index contributed by atoms with van der Waals surface area (Å²) in [6.07, 6.45) is 7.16. The molecule has 0 aromatic heterocycles. The third-order valence-corrected chi connectivity index (χ3v) is 5.72. The maximum Gasteiger partial charge on any atom is 0.110 e. The molecule has 2 nitrogen and oxygen atoms in total. The molecule has 0 N–H and O–H groups in total. The number of hydrogen-bond donors (Lipinski definition) is 0. The number of likely N-dealkylation sites (tertiary alicyclic amines) is 1. The van der Waals surface area contributed by atoms with Crippen molar-refractivity contribution in [1.82, 2.24) is 4.90 Å². The second-order valence-electron chi connectivity index (χ2n) is 5.61. The van der Waals surface area contributed by atoms with Crippen LogP contribution in [0.2, 0.25) is 0 Å². The van der Waals surface area contributed by atoms with Gasteiger partial charge < -0.3 is 9.64 Å². The van der Waals surface area contributed by atoms with Crippen LogP contribution in [-0.2, 0) is 4.74 Å². The highest BCUT2D eigenvalue weighted by atomic mass is 79.9. The Morgan fingerprint density at radius 3 is 2.72 bits per heavy atom. The smallest absolute Gasteiger partial charge is 0.110 e. The average Bonchev–Trinajstić information content (AvgIpc) is 2.70. The molecule has 1 saturated carbocycles. The Bertz CT molecular complexity index is 382. The summed E-state index contributed by atoms with van der Waals surface area (Å²) in [4.78, 5) is 2.87. The third kappa shape index (κ3) is 2.25. The van der Waals surface area contributed by atoms with Crippen molar-refractivity contribution in [1.29, 1.82) is 0 Å². The Kier molecular flexibility index (Phi) is 4.45. The van der Waals surface area contributed by atoms with Crippen molar-refractivity contribution in [3.05, 3.63) is 23.5 Å². The fraction of sp³-hybridized carbons (Fsp3) is 0.714. The summed E-state index contributed by atoms with van der Waals surface area (Å²) < 4.78 is 5.44. The molecule has 0 radical (unpaired) electrons. The second kappa shape index (κ2) is 5.56. The Labute approximate surface area is 124 Å². The van der Waals surface area contributed by atoms with Crippen molar-refractivity contribution < 1.29 is 4.74 Å². The normalized spacial score (nSPS) is 39.1. The van der Waals surface area contributed by atoms with Crippen molar-refractivity contribution >= 4 is 28.3 Å². The molecule has 0 spiro atoms. The number of halogens is 2. The first-order valence-electron chi connectivity index (χ1n) is 6.49. The van der Waals surface area contributed by atoms with Crippen LogP contribution >= 0.6 is 28.3 Å². The molecule has 102 valence electrons. The molecule has 1 saturated heterocycles. The van der Waals surface area contributed by atoms with Crippen molar-refractivity contribution in [2.45, 2.75) is 17.7 Å². The fourth-order valence-corrected chi connectivity index (χ4v) is 4.71. The van der Waals surface area contributed by atoms with Crippen LogP contribution in [0.15, 0.2) is 23.5 Å². The molecule has 2 fully saturated rings. The summed E-state index contributed by atoms with van der Waals surface area (Å²) in [7, 11) is 4.02. The quantitative estimate of drug-likeness (QED) is 0.683. The van der Waals surface area contributed by atoms with E-state index in [9.17, 15) is 0 Å². The average molecular weight is 335 g/mol. The highest BCUT2D eigenvalue weighted by Gasteiger charge is 2.43. The predicted molar refractivity (Wildman–Crippen MR) is 80.3 cm³/mol. The molecule has 4 unspecified atom stereocenters. The first kappa shape index (κ1) is 14.4. The summed E-state index contributed by atoms with van der Waals surface area (Å²) in [5.41, 5.74) is 1.66. The lowest BCUT2D eigenvalue weighted by atomic mass is 9.69. The van der Waals surface area contributed by atoms with Gasteiger partial charge in [-0.15, -0.1) is 12.4 Å². The fourth-order valence-electron chi connectivity index (χ4n) is 3.80. The number of nitrogens with zero attached hydrogens (tertiary/aromatic N) is 1. The Hall–Kier alpha value is 0.01000. The van der Waals surface area contributed by atoms with Gasteiger partial charge in [0.05, 0.1) is 11.9 Å². The van der Waals surface area contributed by atoms with E-state index in [2.05, 4.69) is 40.0 Å². The summed E-state index contributed by atoms with van der Waals surface area (Å²) in [6.45, 7) is 2.52. The van der Waals surface area contributed by atoms with Crippen LogP contribution in [0.4, 0.5) is 0 Å². The van der Waals surface area contributed by atoms with E-state index >= 15 is 0 Å². The van der Waals surface area contributed by atoms with Crippen LogP contribution in [0, 0.1) is 17.8 Å². The molecule has 3 aliphatic rings. The zero-order valence-corrected chi connectivity index (χ0v) is 13.3. The number of rotatable bonds is 1. The largest absolute Gasteiger partial charge is 0.500 e. The van der Waals surface area contributed by atoms with Crippen LogP contribution in [0.25, 0.3) is 0 Å². The number of allylic oxidation sites excluding steroid dienone is 3. The highest BCUT2D eigenvalue weighted by molar-refractivity contribution is 9.09. The van der Waals surface area contributed by atoms with Gasteiger partial charge in [0.15, 0.2) is 0 Å². The molecule has 0 aromatic carbocycles. The van der Waals surface area contributed by atoms with E-state index in [4.69, 9.17) is 4.74 Å². The highest BCUT2D eigenvalue weighted by Crippen LogP contribution is 2.48. The van der Waals surface area contributed by atoms with Crippen molar-refractivity contribution in [3.8, 4) is 0 Å². The lowest BCUT2D eigenvalue weighted by Gasteiger charge is -2.39. The Morgan fingerprint density at radius 1 is 1.22 bits per heavy atom. The van der Waals surface area contributed by atoms with Crippen molar-refractivity contribution in [2.24, 2.45) is 17.8 Å². The van der Waals surface area contributed by atoms with Gasteiger partial charge in [-0.05, 0) is 37.8 Å². The zero-order chi connectivity index (χ0) is 12.0.